The molecule has 0 amide bonds. The summed E-state index contributed by atoms with van der Waals surface area (Å²) < 4.78 is 1.94. The smallest absolute Gasteiger partial charge is 0.160 e. The average Bonchev–Trinajstić information content (AvgIpc) is 2.73. The predicted octanol–water partition coefficient (Wildman–Crippen LogP) is 3.16. The number of aromatic nitrogens is 2. The minimum atomic E-state index is 0.690. The number of nitrogen functional groups attached to an aromatic ring is 1. The van der Waals surface area contributed by atoms with E-state index in [-0.39, 0.29) is 0 Å². The largest absolute Gasteiger partial charge is 0.396 e. The number of benzene rings is 1. The summed E-state index contributed by atoms with van der Waals surface area (Å²) >= 11 is 5.97. The maximum Gasteiger partial charge on any atom is 0.160 e. The Kier molecular flexibility index (Phi) is 2.68. The fourth-order valence-electron chi connectivity index (χ4n) is 2.03. The summed E-state index contributed by atoms with van der Waals surface area (Å²) in [6, 6.07) is 11.6. The molecule has 0 saturated heterocycles. The maximum absolute atomic E-state index is 5.97. The summed E-state index contributed by atoms with van der Waals surface area (Å²) in [5.41, 5.74) is 9.50. The molecule has 3 nitrogen and oxygen atoms in total. The summed E-state index contributed by atoms with van der Waals surface area (Å²) in [4.78, 5) is 4.53. The lowest BCUT2D eigenvalue weighted by Crippen LogP contribution is -1.90. The van der Waals surface area contributed by atoms with Gasteiger partial charge in [-0.05, 0) is 29.8 Å². The van der Waals surface area contributed by atoms with Crippen LogP contribution in [0.2, 0.25) is 5.02 Å². The number of hydrogen-bond acceptors (Lipinski definition) is 2. The standard InChI is InChI=1S/C14H12ClN3/c15-11-4-1-3-10(7-11)8-12-9-18-6-2-5-13(16)14(18)17-12/h1-7,9H,8,16H2. The number of rotatable bonds is 2. The van der Waals surface area contributed by atoms with Crippen LogP contribution >= 0.6 is 11.6 Å². The first-order valence-corrected chi connectivity index (χ1v) is 6.07. The van der Waals surface area contributed by atoms with Gasteiger partial charge in [0.25, 0.3) is 0 Å². The number of fused-ring (bicyclic) bond motifs is 1. The van der Waals surface area contributed by atoms with E-state index in [1.165, 1.54) is 0 Å². The zero-order chi connectivity index (χ0) is 12.5. The first-order chi connectivity index (χ1) is 8.72. The van der Waals surface area contributed by atoms with E-state index in [2.05, 4.69) is 4.98 Å². The predicted molar refractivity (Wildman–Crippen MR) is 73.9 cm³/mol. The summed E-state index contributed by atoms with van der Waals surface area (Å²) in [7, 11) is 0. The number of hydrogen-bond donors (Lipinski definition) is 1. The molecule has 0 spiro atoms. The Labute approximate surface area is 110 Å². The van der Waals surface area contributed by atoms with Crippen LogP contribution in [0.4, 0.5) is 5.69 Å². The van der Waals surface area contributed by atoms with Gasteiger partial charge in [-0.1, -0.05) is 23.7 Å². The SMILES string of the molecule is Nc1cccn2cc(Cc3cccc(Cl)c3)nc12. The molecule has 0 unspecified atom stereocenters. The molecule has 0 aliphatic rings. The molecule has 3 rings (SSSR count). The van der Waals surface area contributed by atoms with E-state index in [0.29, 0.717) is 5.69 Å². The van der Waals surface area contributed by atoms with E-state index in [0.717, 1.165) is 28.3 Å². The van der Waals surface area contributed by atoms with Gasteiger partial charge >= 0.3 is 0 Å². The third-order valence-corrected chi connectivity index (χ3v) is 3.07. The van der Waals surface area contributed by atoms with Gasteiger partial charge < -0.3 is 10.1 Å². The molecule has 3 aromatic rings. The lowest BCUT2D eigenvalue weighted by molar-refractivity contribution is 1.11. The van der Waals surface area contributed by atoms with Crippen LogP contribution in [0.1, 0.15) is 11.3 Å². The van der Waals surface area contributed by atoms with Crippen molar-refractivity contribution in [3.05, 3.63) is 65.1 Å². The lowest BCUT2D eigenvalue weighted by atomic mass is 10.1. The van der Waals surface area contributed by atoms with E-state index in [9.17, 15) is 0 Å². The zero-order valence-corrected chi connectivity index (χ0v) is 10.4. The molecule has 2 aromatic heterocycles. The summed E-state index contributed by atoms with van der Waals surface area (Å²) in [5.74, 6) is 0. The Morgan fingerprint density at radius 1 is 1.22 bits per heavy atom. The molecular weight excluding hydrogens is 246 g/mol. The second kappa shape index (κ2) is 4.35. The van der Waals surface area contributed by atoms with E-state index in [4.69, 9.17) is 17.3 Å². The molecule has 0 radical (unpaired) electrons. The van der Waals surface area contributed by atoms with Crippen LogP contribution < -0.4 is 5.73 Å². The van der Waals surface area contributed by atoms with Crippen LogP contribution in [-0.2, 0) is 6.42 Å². The lowest BCUT2D eigenvalue weighted by Gasteiger charge is -1.98. The van der Waals surface area contributed by atoms with Crippen LogP contribution in [0.25, 0.3) is 5.65 Å². The first-order valence-electron chi connectivity index (χ1n) is 5.69. The fourth-order valence-corrected chi connectivity index (χ4v) is 2.24. The summed E-state index contributed by atoms with van der Waals surface area (Å²) in [5, 5.41) is 0.746. The van der Waals surface area contributed by atoms with Gasteiger partial charge in [-0.3, -0.25) is 0 Å². The maximum atomic E-state index is 5.97. The Morgan fingerprint density at radius 2 is 2.11 bits per heavy atom. The van der Waals surface area contributed by atoms with Gasteiger partial charge in [-0.2, -0.15) is 0 Å². The molecule has 0 aliphatic carbocycles. The Hall–Kier alpha value is -2.00. The molecule has 0 saturated carbocycles. The fraction of sp³-hybridized carbons (Fsp3) is 0.0714. The molecule has 90 valence electrons. The molecule has 1 aromatic carbocycles. The van der Waals surface area contributed by atoms with Gasteiger partial charge in [-0.15, -0.1) is 0 Å². The molecule has 0 fully saturated rings. The normalized spacial score (nSPS) is 10.9. The van der Waals surface area contributed by atoms with Gasteiger partial charge in [0, 0.05) is 23.8 Å². The van der Waals surface area contributed by atoms with Gasteiger partial charge in [0.1, 0.15) is 0 Å². The van der Waals surface area contributed by atoms with Gasteiger partial charge in [-0.25, -0.2) is 4.98 Å². The third kappa shape index (κ3) is 2.05. The topological polar surface area (TPSA) is 43.3 Å². The molecule has 0 atom stereocenters. The minimum Gasteiger partial charge on any atom is -0.396 e. The highest BCUT2D eigenvalue weighted by molar-refractivity contribution is 6.30. The quantitative estimate of drug-likeness (QED) is 0.766. The van der Waals surface area contributed by atoms with Crippen molar-refractivity contribution < 1.29 is 0 Å². The summed E-state index contributed by atoms with van der Waals surface area (Å²) in [6.45, 7) is 0. The highest BCUT2D eigenvalue weighted by Crippen LogP contribution is 2.17. The molecular formula is C14H12ClN3. The van der Waals surface area contributed by atoms with Crippen molar-refractivity contribution >= 4 is 22.9 Å². The molecule has 18 heavy (non-hydrogen) atoms. The first kappa shape index (κ1) is 11.1. The van der Waals surface area contributed by atoms with Gasteiger partial charge in [0.15, 0.2) is 5.65 Å². The van der Waals surface area contributed by atoms with Crippen molar-refractivity contribution in [1.29, 1.82) is 0 Å². The molecule has 4 heteroatoms. The Bertz CT molecular complexity index is 703. The van der Waals surface area contributed by atoms with Crippen molar-refractivity contribution in [2.45, 2.75) is 6.42 Å². The minimum absolute atomic E-state index is 0.690. The van der Waals surface area contributed by atoms with Crippen molar-refractivity contribution in [3.8, 4) is 0 Å². The second-order valence-electron chi connectivity index (χ2n) is 4.23. The molecule has 0 aliphatic heterocycles. The third-order valence-electron chi connectivity index (χ3n) is 2.84. The van der Waals surface area contributed by atoms with Crippen LogP contribution in [0, 0.1) is 0 Å². The van der Waals surface area contributed by atoms with Gasteiger partial charge in [0.05, 0.1) is 11.4 Å². The highest BCUT2D eigenvalue weighted by Gasteiger charge is 2.05. The van der Waals surface area contributed by atoms with Crippen LogP contribution in [0.15, 0.2) is 48.8 Å². The van der Waals surface area contributed by atoms with Crippen molar-refractivity contribution in [2.24, 2.45) is 0 Å². The molecule has 2 heterocycles. The van der Waals surface area contributed by atoms with Crippen LogP contribution in [-0.4, -0.2) is 9.38 Å². The average molecular weight is 258 g/mol. The number of imidazole rings is 1. The number of nitrogens with zero attached hydrogens (tertiary/aromatic N) is 2. The number of pyridine rings is 1. The Balaban J connectivity index is 1.98. The van der Waals surface area contributed by atoms with Crippen LogP contribution in [0.3, 0.4) is 0 Å². The molecule has 0 bridgehead atoms. The van der Waals surface area contributed by atoms with Crippen molar-refractivity contribution in [3.63, 3.8) is 0 Å². The highest BCUT2D eigenvalue weighted by atomic mass is 35.5. The van der Waals surface area contributed by atoms with Crippen molar-refractivity contribution in [1.82, 2.24) is 9.38 Å². The van der Waals surface area contributed by atoms with E-state index in [1.807, 2.05) is 53.2 Å². The van der Waals surface area contributed by atoms with Crippen molar-refractivity contribution in [2.75, 3.05) is 5.73 Å². The number of anilines is 1. The monoisotopic (exact) mass is 257 g/mol. The second-order valence-corrected chi connectivity index (χ2v) is 4.67. The Morgan fingerprint density at radius 3 is 2.89 bits per heavy atom. The van der Waals surface area contributed by atoms with E-state index in [1.54, 1.807) is 0 Å². The zero-order valence-electron chi connectivity index (χ0n) is 9.68. The number of halogens is 1. The van der Waals surface area contributed by atoms with E-state index < -0.39 is 0 Å². The van der Waals surface area contributed by atoms with Gasteiger partial charge in [0.2, 0.25) is 0 Å². The summed E-state index contributed by atoms with van der Waals surface area (Å²) in [6.07, 6.45) is 4.69. The van der Waals surface area contributed by atoms with Crippen LogP contribution in [0.5, 0.6) is 0 Å². The van der Waals surface area contributed by atoms with E-state index >= 15 is 0 Å². The molecule has 2 N–H and O–H groups in total. The number of nitrogens with two attached hydrogens (primary N) is 1.